The van der Waals surface area contributed by atoms with Gasteiger partial charge in [0, 0.05) is 16.1 Å². The Kier molecular flexibility index (Phi) is 6.47. The topological polar surface area (TPSA) is 74.8 Å². The summed E-state index contributed by atoms with van der Waals surface area (Å²) in [7, 11) is 0. The predicted molar refractivity (Wildman–Crippen MR) is 124 cm³/mol. The van der Waals surface area contributed by atoms with Crippen molar-refractivity contribution in [3.05, 3.63) is 82.4 Å². The van der Waals surface area contributed by atoms with Crippen LogP contribution in [-0.2, 0) is 9.59 Å². The third kappa shape index (κ3) is 4.23. The second kappa shape index (κ2) is 9.32. The van der Waals surface area contributed by atoms with Crippen molar-refractivity contribution >= 4 is 35.1 Å². The molecule has 2 aromatic carbocycles. The minimum Gasteiger partial charge on any atom is -0.292 e. The first-order valence-electron chi connectivity index (χ1n) is 11.0. The molecule has 4 rings (SSSR count). The van der Waals surface area contributed by atoms with Crippen molar-refractivity contribution < 1.29 is 19.2 Å². The van der Waals surface area contributed by atoms with E-state index in [-0.39, 0.29) is 17.8 Å². The summed E-state index contributed by atoms with van der Waals surface area (Å²) in [4.78, 5) is 54.1. The molecule has 2 aliphatic rings. The fourth-order valence-corrected chi connectivity index (χ4v) is 4.72. The molecule has 1 aliphatic heterocycles. The van der Waals surface area contributed by atoms with Gasteiger partial charge in [-0.1, -0.05) is 60.5 Å². The van der Waals surface area contributed by atoms with E-state index in [4.69, 9.17) is 11.6 Å². The number of ketones is 1. The highest BCUT2D eigenvalue weighted by atomic mass is 35.5. The van der Waals surface area contributed by atoms with E-state index in [1.807, 2.05) is 13.0 Å². The normalized spacial score (nSPS) is 20.8. The van der Waals surface area contributed by atoms with E-state index in [1.165, 1.54) is 12.1 Å². The number of fused-ring (bicyclic) bond motifs is 1. The molecule has 6 nitrogen and oxygen atoms in total. The summed E-state index contributed by atoms with van der Waals surface area (Å²) in [6.45, 7) is 3.69. The molecule has 0 saturated carbocycles. The zero-order chi connectivity index (χ0) is 23.7. The highest BCUT2D eigenvalue weighted by Gasteiger charge is 2.53. The average Bonchev–Trinajstić information content (AvgIpc) is 3.06. The SMILES string of the molecule is CC[C@H](C(=O)c1ccccc1)N(C(=O)c1ccc(Cl)cc1)N1C(=O)[C@H]2CC(C)=CC[C@H]2C1=O. The number of carbonyl (C=O) groups is 4. The number of benzene rings is 2. The highest BCUT2D eigenvalue weighted by molar-refractivity contribution is 6.30. The van der Waals surface area contributed by atoms with Gasteiger partial charge in [0.25, 0.3) is 17.7 Å². The number of carbonyl (C=O) groups excluding carboxylic acids is 4. The van der Waals surface area contributed by atoms with E-state index in [1.54, 1.807) is 49.4 Å². The number of rotatable bonds is 6. The second-order valence-electron chi connectivity index (χ2n) is 8.50. The molecule has 0 radical (unpaired) electrons. The minimum atomic E-state index is -1.02. The van der Waals surface area contributed by atoms with Gasteiger partial charge in [-0.15, -0.1) is 0 Å². The second-order valence-corrected chi connectivity index (χ2v) is 8.94. The van der Waals surface area contributed by atoms with Crippen LogP contribution in [0.5, 0.6) is 0 Å². The molecule has 7 heteroatoms. The summed E-state index contributed by atoms with van der Waals surface area (Å²) >= 11 is 5.98. The molecule has 1 heterocycles. The Morgan fingerprint density at radius 2 is 1.64 bits per heavy atom. The number of Topliss-reactive ketones (excluding diaryl/α,β-unsaturated/α-hetero) is 1. The van der Waals surface area contributed by atoms with Gasteiger partial charge in [-0.3, -0.25) is 19.2 Å². The monoisotopic (exact) mass is 464 g/mol. The molecule has 2 aromatic rings. The molecule has 1 aliphatic carbocycles. The molecule has 0 unspecified atom stereocenters. The van der Waals surface area contributed by atoms with Gasteiger partial charge in [0.15, 0.2) is 5.78 Å². The molecular formula is C26H25ClN2O4. The number of hydrazine groups is 1. The van der Waals surface area contributed by atoms with Gasteiger partial charge < -0.3 is 0 Å². The van der Waals surface area contributed by atoms with Crippen LogP contribution in [0.15, 0.2) is 66.2 Å². The lowest BCUT2D eigenvalue weighted by Gasteiger charge is -2.36. The molecule has 0 spiro atoms. The smallest absolute Gasteiger partial charge is 0.273 e. The third-order valence-corrected chi connectivity index (χ3v) is 6.61. The lowest BCUT2D eigenvalue weighted by Crippen LogP contribution is -2.57. The number of hydrogen-bond acceptors (Lipinski definition) is 4. The molecule has 0 aromatic heterocycles. The molecule has 1 fully saturated rings. The maximum Gasteiger partial charge on any atom is 0.273 e. The van der Waals surface area contributed by atoms with Crippen molar-refractivity contribution in [3.8, 4) is 0 Å². The maximum absolute atomic E-state index is 13.7. The predicted octanol–water partition coefficient (Wildman–Crippen LogP) is 4.70. The average molecular weight is 465 g/mol. The van der Waals surface area contributed by atoms with Crippen LogP contribution in [0.4, 0.5) is 0 Å². The van der Waals surface area contributed by atoms with Crippen LogP contribution in [0, 0.1) is 11.8 Å². The van der Waals surface area contributed by atoms with E-state index in [0.29, 0.717) is 23.4 Å². The van der Waals surface area contributed by atoms with E-state index < -0.39 is 35.6 Å². The summed E-state index contributed by atoms with van der Waals surface area (Å²) in [6, 6.07) is 13.8. The summed E-state index contributed by atoms with van der Waals surface area (Å²) < 4.78 is 0. The van der Waals surface area contributed by atoms with E-state index in [2.05, 4.69) is 0 Å². The van der Waals surface area contributed by atoms with Crippen molar-refractivity contribution in [3.63, 3.8) is 0 Å². The Labute approximate surface area is 197 Å². The lowest BCUT2D eigenvalue weighted by atomic mass is 9.82. The quantitative estimate of drug-likeness (QED) is 0.353. The first-order chi connectivity index (χ1) is 15.8. The highest BCUT2D eigenvalue weighted by Crippen LogP contribution is 2.39. The Balaban J connectivity index is 1.78. The van der Waals surface area contributed by atoms with Gasteiger partial charge in [-0.2, -0.15) is 5.01 Å². The number of nitrogens with zero attached hydrogens (tertiary/aromatic N) is 2. The van der Waals surface area contributed by atoms with E-state index in [9.17, 15) is 19.2 Å². The molecule has 0 bridgehead atoms. The van der Waals surface area contributed by atoms with Gasteiger partial charge in [-0.05, 0) is 50.5 Å². The van der Waals surface area contributed by atoms with Crippen molar-refractivity contribution in [2.75, 3.05) is 0 Å². The summed E-state index contributed by atoms with van der Waals surface area (Å²) in [5.41, 5.74) is 1.69. The fraction of sp³-hybridized carbons (Fsp3) is 0.308. The van der Waals surface area contributed by atoms with Crippen molar-refractivity contribution in [1.29, 1.82) is 0 Å². The standard InChI is InChI=1S/C26H25ClN2O4/c1-3-22(23(30)17-7-5-4-6-8-17)28(24(31)18-10-12-19(27)13-11-18)29-25(32)20-14-9-16(2)15-21(20)26(29)33/h4-13,20-22H,3,14-15H2,1-2H3/t20-,21+,22-/m1/s1. The van der Waals surface area contributed by atoms with Crippen LogP contribution < -0.4 is 0 Å². The van der Waals surface area contributed by atoms with Crippen molar-refractivity contribution in [1.82, 2.24) is 10.0 Å². The van der Waals surface area contributed by atoms with Crippen LogP contribution >= 0.6 is 11.6 Å². The van der Waals surface area contributed by atoms with E-state index in [0.717, 1.165) is 15.6 Å². The van der Waals surface area contributed by atoms with Crippen LogP contribution in [0.3, 0.4) is 0 Å². The molecular weight excluding hydrogens is 440 g/mol. The fourth-order valence-electron chi connectivity index (χ4n) is 4.59. The number of amides is 3. The third-order valence-electron chi connectivity index (χ3n) is 6.36. The first-order valence-corrected chi connectivity index (χ1v) is 11.4. The van der Waals surface area contributed by atoms with Crippen LogP contribution in [-0.4, -0.2) is 39.6 Å². The van der Waals surface area contributed by atoms with Gasteiger partial charge in [-0.25, -0.2) is 5.01 Å². The Hall–Kier alpha value is -3.25. The molecule has 170 valence electrons. The lowest BCUT2D eigenvalue weighted by molar-refractivity contribution is -0.156. The van der Waals surface area contributed by atoms with Crippen LogP contribution in [0.2, 0.25) is 5.02 Å². The molecule has 3 amide bonds. The summed E-state index contributed by atoms with van der Waals surface area (Å²) in [5.74, 6) is -2.83. The van der Waals surface area contributed by atoms with Crippen LogP contribution in [0.25, 0.3) is 0 Å². The zero-order valence-electron chi connectivity index (χ0n) is 18.5. The largest absolute Gasteiger partial charge is 0.292 e. The summed E-state index contributed by atoms with van der Waals surface area (Å²) in [6.07, 6.45) is 3.12. The minimum absolute atomic E-state index is 0.233. The molecule has 0 N–H and O–H groups in total. The molecule has 3 atom stereocenters. The first kappa shape index (κ1) is 22.9. The number of allylic oxidation sites excluding steroid dienone is 2. The Morgan fingerprint density at radius 1 is 1.00 bits per heavy atom. The maximum atomic E-state index is 13.7. The van der Waals surface area contributed by atoms with Gasteiger partial charge in [0.05, 0.1) is 11.8 Å². The molecule has 1 saturated heterocycles. The van der Waals surface area contributed by atoms with Crippen molar-refractivity contribution in [2.24, 2.45) is 11.8 Å². The van der Waals surface area contributed by atoms with Gasteiger partial charge in [0.2, 0.25) is 0 Å². The van der Waals surface area contributed by atoms with Gasteiger partial charge in [0.1, 0.15) is 6.04 Å². The van der Waals surface area contributed by atoms with Gasteiger partial charge >= 0.3 is 0 Å². The van der Waals surface area contributed by atoms with Crippen molar-refractivity contribution in [2.45, 2.75) is 39.2 Å². The Morgan fingerprint density at radius 3 is 2.27 bits per heavy atom. The Bertz CT molecular complexity index is 1130. The van der Waals surface area contributed by atoms with Crippen LogP contribution in [0.1, 0.15) is 53.8 Å². The summed E-state index contributed by atoms with van der Waals surface area (Å²) in [5, 5.41) is 2.47. The zero-order valence-corrected chi connectivity index (χ0v) is 19.3. The van der Waals surface area contributed by atoms with E-state index >= 15 is 0 Å². The number of imide groups is 1. The molecule has 33 heavy (non-hydrogen) atoms. The number of hydrogen-bond donors (Lipinski definition) is 0. The number of halogens is 1.